The highest BCUT2D eigenvalue weighted by Gasteiger charge is 2.23. The van der Waals surface area contributed by atoms with E-state index in [1.165, 1.54) is 11.1 Å². The Morgan fingerprint density at radius 2 is 2.21 bits per heavy atom. The van der Waals surface area contributed by atoms with Crippen molar-refractivity contribution in [2.45, 2.75) is 26.3 Å². The summed E-state index contributed by atoms with van der Waals surface area (Å²) in [4.78, 5) is 11.5. The normalized spacial score (nSPS) is 17.5. The van der Waals surface area contributed by atoms with E-state index in [-0.39, 0.29) is 5.91 Å². The minimum atomic E-state index is -0.383. The third-order valence-corrected chi connectivity index (χ3v) is 4.49. The number of carbonyl (C=O) groups excluding carboxylic acids is 1. The first kappa shape index (κ1) is 16.5. The number of nitrogens with two attached hydrogens (primary N) is 1. The van der Waals surface area contributed by atoms with Crippen LogP contribution in [0.2, 0.25) is 0 Å². The van der Waals surface area contributed by atoms with Crippen LogP contribution in [0.1, 0.15) is 35.0 Å². The molecule has 0 spiro atoms. The van der Waals surface area contributed by atoms with E-state index >= 15 is 0 Å². The fourth-order valence-electron chi connectivity index (χ4n) is 3.24. The molecule has 5 heteroatoms. The molecule has 1 atom stereocenters. The molecule has 1 aromatic heterocycles. The summed E-state index contributed by atoms with van der Waals surface area (Å²) in [7, 11) is 0. The second-order valence-corrected chi connectivity index (χ2v) is 6.48. The number of nitrogens with zero attached hydrogens (tertiary/aromatic N) is 2. The lowest BCUT2D eigenvalue weighted by molar-refractivity contribution is 0.0998. The number of primary amides is 1. The number of aromatic nitrogens is 2. The highest BCUT2D eigenvalue weighted by atomic mass is 16.1. The van der Waals surface area contributed by atoms with Crippen LogP contribution in [0.3, 0.4) is 0 Å². The molecular formula is C19H24N4O. The molecule has 1 aliphatic rings. The van der Waals surface area contributed by atoms with Crippen molar-refractivity contribution in [2.75, 3.05) is 13.1 Å². The lowest BCUT2D eigenvalue weighted by atomic mass is 9.94. The Morgan fingerprint density at radius 1 is 1.42 bits per heavy atom. The number of carbonyl (C=O) groups is 1. The van der Waals surface area contributed by atoms with Crippen LogP contribution in [0.15, 0.2) is 42.1 Å². The largest absolute Gasteiger partial charge is 0.365 e. The molecule has 0 aliphatic carbocycles. The topological polar surface area (TPSA) is 72.9 Å². The summed E-state index contributed by atoms with van der Waals surface area (Å²) < 4.78 is 1.91. The molecule has 0 fully saturated rings. The van der Waals surface area contributed by atoms with Gasteiger partial charge in [0.15, 0.2) is 0 Å². The molecule has 5 nitrogen and oxygen atoms in total. The second-order valence-electron chi connectivity index (χ2n) is 6.48. The molecule has 3 rings (SSSR count). The van der Waals surface area contributed by atoms with Crippen LogP contribution in [0.25, 0.3) is 6.08 Å². The van der Waals surface area contributed by atoms with Crippen LogP contribution in [-0.4, -0.2) is 28.8 Å². The number of aryl methyl sites for hydroxylation is 1. The van der Waals surface area contributed by atoms with E-state index in [1.54, 1.807) is 6.20 Å². The minimum absolute atomic E-state index is 0.383. The Labute approximate surface area is 142 Å². The monoisotopic (exact) mass is 324 g/mol. The Morgan fingerprint density at radius 3 is 2.96 bits per heavy atom. The molecule has 1 amide bonds. The van der Waals surface area contributed by atoms with Crippen LogP contribution in [0.5, 0.6) is 0 Å². The van der Waals surface area contributed by atoms with Gasteiger partial charge in [0.1, 0.15) is 0 Å². The first-order chi connectivity index (χ1) is 11.6. The minimum Gasteiger partial charge on any atom is -0.365 e. The first-order valence-corrected chi connectivity index (χ1v) is 8.41. The van der Waals surface area contributed by atoms with Crippen molar-refractivity contribution < 1.29 is 4.79 Å². The van der Waals surface area contributed by atoms with Gasteiger partial charge < -0.3 is 11.1 Å². The van der Waals surface area contributed by atoms with Gasteiger partial charge in [-0.15, -0.1) is 0 Å². The molecule has 0 bridgehead atoms. The fourth-order valence-corrected chi connectivity index (χ4v) is 3.24. The Bertz CT molecular complexity index is 733. The number of amides is 1. The van der Waals surface area contributed by atoms with Gasteiger partial charge in [0.05, 0.1) is 17.5 Å². The fraction of sp³-hybridized carbons (Fsp3) is 0.368. The summed E-state index contributed by atoms with van der Waals surface area (Å²) >= 11 is 0. The summed E-state index contributed by atoms with van der Waals surface area (Å²) in [6.07, 6.45) is 5.72. The molecule has 24 heavy (non-hydrogen) atoms. The quantitative estimate of drug-likeness (QED) is 0.856. The van der Waals surface area contributed by atoms with Gasteiger partial charge in [-0.2, -0.15) is 5.10 Å². The molecule has 3 N–H and O–H groups in total. The van der Waals surface area contributed by atoms with E-state index in [0.29, 0.717) is 11.5 Å². The maximum atomic E-state index is 11.5. The van der Waals surface area contributed by atoms with Crippen LogP contribution in [0, 0.1) is 5.92 Å². The second kappa shape index (κ2) is 7.45. The van der Waals surface area contributed by atoms with Gasteiger partial charge in [0, 0.05) is 13.1 Å². The van der Waals surface area contributed by atoms with Gasteiger partial charge in [0.2, 0.25) is 0 Å². The van der Waals surface area contributed by atoms with E-state index in [2.05, 4.69) is 35.5 Å². The summed E-state index contributed by atoms with van der Waals surface area (Å²) in [5.41, 5.74) is 9.51. The van der Waals surface area contributed by atoms with Crippen LogP contribution >= 0.6 is 0 Å². The van der Waals surface area contributed by atoms with Crippen molar-refractivity contribution >= 4 is 12.0 Å². The zero-order chi connectivity index (χ0) is 16.9. The Balaban J connectivity index is 1.52. The third-order valence-electron chi connectivity index (χ3n) is 4.49. The molecule has 1 unspecified atom stereocenters. The highest BCUT2D eigenvalue weighted by Crippen LogP contribution is 2.22. The van der Waals surface area contributed by atoms with Gasteiger partial charge in [0.25, 0.3) is 5.91 Å². The molecule has 1 aliphatic heterocycles. The van der Waals surface area contributed by atoms with Crippen molar-refractivity contribution in [2.24, 2.45) is 11.7 Å². The molecule has 0 saturated carbocycles. The van der Waals surface area contributed by atoms with Gasteiger partial charge in [-0.05, 0) is 37.8 Å². The summed E-state index contributed by atoms with van der Waals surface area (Å²) in [5, 5.41) is 7.79. The van der Waals surface area contributed by atoms with Crippen molar-refractivity contribution in [1.82, 2.24) is 15.1 Å². The van der Waals surface area contributed by atoms with E-state index in [1.807, 2.05) is 22.9 Å². The average molecular weight is 324 g/mol. The average Bonchev–Trinajstić information content (AvgIpc) is 2.99. The number of hydrogen-bond donors (Lipinski definition) is 2. The summed E-state index contributed by atoms with van der Waals surface area (Å²) in [5.74, 6) is 0.128. The highest BCUT2D eigenvalue weighted by molar-refractivity contribution is 5.93. The number of rotatable bonds is 6. The smallest absolute Gasteiger partial charge is 0.252 e. The van der Waals surface area contributed by atoms with Gasteiger partial charge in [-0.1, -0.05) is 42.0 Å². The predicted molar refractivity (Wildman–Crippen MR) is 95.5 cm³/mol. The zero-order valence-electron chi connectivity index (χ0n) is 14.0. The summed E-state index contributed by atoms with van der Waals surface area (Å²) in [6, 6.07) is 10.3. The lowest BCUT2D eigenvalue weighted by Gasteiger charge is -2.24. The first-order valence-electron chi connectivity index (χ1n) is 8.41. The van der Waals surface area contributed by atoms with E-state index < -0.39 is 0 Å². The van der Waals surface area contributed by atoms with Crippen LogP contribution in [0.4, 0.5) is 0 Å². The van der Waals surface area contributed by atoms with Gasteiger partial charge >= 0.3 is 0 Å². The number of hydrogen-bond acceptors (Lipinski definition) is 3. The SMILES string of the molecule is C/C(=C\c1ccccc1)CNCC1CCn2ncc(C(N)=O)c2C1. The number of fused-ring (bicyclic) bond motifs is 1. The summed E-state index contributed by atoms with van der Waals surface area (Å²) in [6.45, 7) is 4.80. The molecule has 1 aromatic carbocycles. The predicted octanol–water partition coefficient (Wildman–Crippen LogP) is 2.24. The third kappa shape index (κ3) is 3.92. The van der Waals surface area contributed by atoms with Crippen molar-refractivity contribution in [3.63, 3.8) is 0 Å². The van der Waals surface area contributed by atoms with E-state index in [0.717, 1.165) is 38.2 Å². The molecular weight excluding hydrogens is 300 g/mol. The number of nitrogens with one attached hydrogen (secondary N) is 1. The lowest BCUT2D eigenvalue weighted by Crippen LogP contribution is -2.31. The molecule has 2 aromatic rings. The molecule has 126 valence electrons. The maximum absolute atomic E-state index is 11.5. The molecule has 2 heterocycles. The van der Waals surface area contributed by atoms with Crippen molar-refractivity contribution in [3.8, 4) is 0 Å². The number of benzene rings is 1. The zero-order valence-corrected chi connectivity index (χ0v) is 14.0. The van der Waals surface area contributed by atoms with E-state index in [4.69, 9.17) is 5.73 Å². The van der Waals surface area contributed by atoms with Crippen molar-refractivity contribution in [3.05, 3.63) is 58.9 Å². The van der Waals surface area contributed by atoms with Crippen LogP contribution in [-0.2, 0) is 13.0 Å². The van der Waals surface area contributed by atoms with Gasteiger partial charge in [-0.25, -0.2) is 0 Å². The molecule has 0 saturated heterocycles. The maximum Gasteiger partial charge on any atom is 0.252 e. The Hall–Kier alpha value is -2.40. The van der Waals surface area contributed by atoms with Crippen molar-refractivity contribution in [1.29, 1.82) is 0 Å². The van der Waals surface area contributed by atoms with Gasteiger partial charge in [-0.3, -0.25) is 9.48 Å². The standard InChI is InChI=1S/C19H24N4O/c1-14(9-15-5-3-2-4-6-15)11-21-12-16-7-8-23-18(10-16)17(13-22-23)19(20)24/h2-6,9,13,16,21H,7-8,10-12H2,1H3,(H2,20,24)/b14-9+. The van der Waals surface area contributed by atoms with Crippen LogP contribution < -0.4 is 11.1 Å². The Kier molecular flexibility index (Phi) is 5.11. The van der Waals surface area contributed by atoms with E-state index in [9.17, 15) is 4.79 Å². The molecule has 0 radical (unpaired) electrons.